The van der Waals surface area contributed by atoms with Crippen LogP contribution in [0.5, 0.6) is 0 Å². The second kappa shape index (κ2) is 4.92. The third-order valence-corrected chi connectivity index (χ3v) is 4.10. The van der Waals surface area contributed by atoms with Crippen LogP contribution in [0.25, 0.3) is 0 Å². The van der Waals surface area contributed by atoms with Gasteiger partial charge >= 0.3 is 0 Å². The van der Waals surface area contributed by atoms with Crippen LogP contribution in [0, 0.1) is 20.8 Å². The molecular formula is C13H16BrN3. The van der Waals surface area contributed by atoms with E-state index in [1.165, 1.54) is 21.2 Å². The number of rotatable bonds is 3. The van der Waals surface area contributed by atoms with E-state index in [1.807, 2.05) is 13.1 Å². The van der Waals surface area contributed by atoms with Crippen molar-refractivity contribution >= 4 is 21.6 Å². The summed E-state index contributed by atoms with van der Waals surface area (Å²) in [6.07, 6.45) is 1.86. The Morgan fingerprint density at radius 2 is 1.88 bits per heavy atom. The summed E-state index contributed by atoms with van der Waals surface area (Å²) in [4.78, 5) is 0. The average molecular weight is 294 g/mol. The van der Waals surface area contributed by atoms with E-state index in [2.05, 4.69) is 57.4 Å². The zero-order chi connectivity index (χ0) is 12.4. The van der Waals surface area contributed by atoms with Crippen molar-refractivity contribution in [3.63, 3.8) is 0 Å². The molecule has 17 heavy (non-hydrogen) atoms. The first-order chi connectivity index (χ1) is 8.08. The Labute approximate surface area is 110 Å². The molecule has 0 unspecified atom stereocenters. The Morgan fingerprint density at radius 3 is 2.41 bits per heavy atom. The summed E-state index contributed by atoms with van der Waals surface area (Å²) >= 11 is 3.57. The third-order valence-electron chi connectivity index (χ3n) is 2.85. The van der Waals surface area contributed by atoms with Gasteiger partial charge in [0.05, 0.1) is 6.20 Å². The fraction of sp³-hybridized carbons (Fsp3) is 0.308. The monoisotopic (exact) mass is 293 g/mol. The molecule has 4 heteroatoms. The average Bonchev–Trinajstić information content (AvgIpc) is 2.69. The van der Waals surface area contributed by atoms with Gasteiger partial charge in [0.15, 0.2) is 0 Å². The fourth-order valence-electron chi connectivity index (χ4n) is 1.80. The van der Waals surface area contributed by atoms with Gasteiger partial charge in [-0.05, 0) is 44.0 Å². The molecule has 90 valence electrons. The lowest BCUT2D eigenvalue weighted by Crippen LogP contribution is -2.00. The SMILES string of the molecule is Cc1cc(NCc2cn[nH]c2C)cc(C)c1Br. The molecule has 0 aliphatic rings. The van der Waals surface area contributed by atoms with Crippen molar-refractivity contribution in [2.75, 3.05) is 5.32 Å². The fourth-order valence-corrected chi connectivity index (χ4v) is 2.03. The number of aromatic nitrogens is 2. The van der Waals surface area contributed by atoms with E-state index >= 15 is 0 Å². The summed E-state index contributed by atoms with van der Waals surface area (Å²) in [7, 11) is 0. The number of hydrogen-bond donors (Lipinski definition) is 2. The van der Waals surface area contributed by atoms with Gasteiger partial charge in [0, 0.05) is 28.0 Å². The maximum absolute atomic E-state index is 4.01. The lowest BCUT2D eigenvalue weighted by atomic mass is 10.1. The highest BCUT2D eigenvalue weighted by Crippen LogP contribution is 2.25. The molecule has 3 nitrogen and oxygen atoms in total. The molecule has 0 saturated heterocycles. The number of aromatic amines is 1. The molecule has 1 aromatic carbocycles. The van der Waals surface area contributed by atoms with E-state index in [-0.39, 0.29) is 0 Å². The van der Waals surface area contributed by atoms with Crippen LogP contribution >= 0.6 is 15.9 Å². The van der Waals surface area contributed by atoms with Crippen LogP contribution < -0.4 is 5.32 Å². The second-order valence-electron chi connectivity index (χ2n) is 4.30. The van der Waals surface area contributed by atoms with Crippen molar-refractivity contribution in [2.24, 2.45) is 0 Å². The molecule has 0 aliphatic heterocycles. The molecule has 1 aromatic heterocycles. The number of halogens is 1. The van der Waals surface area contributed by atoms with Crippen LogP contribution in [0.4, 0.5) is 5.69 Å². The zero-order valence-corrected chi connectivity index (χ0v) is 11.9. The van der Waals surface area contributed by atoms with Gasteiger partial charge in [-0.25, -0.2) is 0 Å². The van der Waals surface area contributed by atoms with E-state index < -0.39 is 0 Å². The van der Waals surface area contributed by atoms with Gasteiger partial charge in [-0.1, -0.05) is 15.9 Å². The van der Waals surface area contributed by atoms with Crippen molar-refractivity contribution in [2.45, 2.75) is 27.3 Å². The van der Waals surface area contributed by atoms with Crippen LogP contribution in [0.15, 0.2) is 22.8 Å². The van der Waals surface area contributed by atoms with Gasteiger partial charge in [0.2, 0.25) is 0 Å². The van der Waals surface area contributed by atoms with E-state index in [0.717, 1.165) is 17.9 Å². The first-order valence-electron chi connectivity index (χ1n) is 5.57. The van der Waals surface area contributed by atoms with Crippen molar-refractivity contribution in [1.29, 1.82) is 0 Å². The van der Waals surface area contributed by atoms with E-state index in [9.17, 15) is 0 Å². The number of hydrogen-bond acceptors (Lipinski definition) is 2. The van der Waals surface area contributed by atoms with Gasteiger partial charge in [-0.3, -0.25) is 5.10 Å². The van der Waals surface area contributed by atoms with Gasteiger partial charge in [-0.2, -0.15) is 5.10 Å². The van der Waals surface area contributed by atoms with Crippen molar-refractivity contribution in [1.82, 2.24) is 10.2 Å². The number of aryl methyl sites for hydroxylation is 3. The predicted molar refractivity (Wildman–Crippen MR) is 74.3 cm³/mol. The van der Waals surface area contributed by atoms with Crippen LogP contribution in [0.1, 0.15) is 22.4 Å². The molecule has 0 atom stereocenters. The van der Waals surface area contributed by atoms with Crippen LogP contribution in [-0.4, -0.2) is 10.2 Å². The minimum Gasteiger partial charge on any atom is -0.381 e. The minimum absolute atomic E-state index is 0.794. The van der Waals surface area contributed by atoms with Crippen molar-refractivity contribution in [3.05, 3.63) is 45.2 Å². The maximum Gasteiger partial charge on any atom is 0.0539 e. The highest BCUT2D eigenvalue weighted by Gasteiger charge is 2.03. The van der Waals surface area contributed by atoms with Crippen LogP contribution in [0.3, 0.4) is 0 Å². The zero-order valence-electron chi connectivity index (χ0n) is 10.3. The normalized spacial score (nSPS) is 10.6. The Morgan fingerprint density at radius 1 is 1.24 bits per heavy atom. The molecule has 0 spiro atoms. The molecule has 2 aromatic rings. The molecule has 0 bridgehead atoms. The molecule has 0 aliphatic carbocycles. The Kier molecular flexibility index (Phi) is 3.52. The maximum atomic E-state index is 4.01. The van der Waals surface area contributed by atoms with Gasteiger partial charge in [-0.15, -0.1) is 0 Å². The first kappa shape index (κ1) is 12.2. The van der Waals surface area contributed by atoms with E-state index in [0.29, 0.717) is 0 Å². The summed E-state index contributed by atoms with van der Waals surface area (Å²) in [6.45, 7) is 7.03. The Balaban J connectivity index is 2.12. The topological polar surface area (TPSA) is 40.7 Å². The summed E-state index contributed by atoms with van der Waals surface area (Å²) in [5.74, 6) is 0. The summed E-state index contributed by atoms with van der Waals surface area (Å²) in [5, 5.41) is 10.4. The molecule has 2 rings (SSSR count). The smallest absolute Gasteiger partial charge is 0.0539 e. The number of benzene rings is 1. The molecule has 0 saturated carbocycles. The molecule has 0 amide bonds. The lowest BCUT2D eigenvalue weighted by Gasteiger charge is -2.10. The largest absolute Gasteiger partial charge is 0.381 e. The summed E-state index contributed by atoms with van der Waals surface area (Å²) < 4.78 is 1.18. The van der Waals surface area contributed by atoms with Crippen molar-refractivity contribution in [3.8, 4) is 0 Å². The third kappa shape index (κ3) is 2.69. The number of H-pyrrole nitrogens is 1. The number of anilines is 1. The molecular weight excluding hydrogens is 278 g/mol. The Bertz CT molecular complexity index is 508. The second-order valence-corrected chi connectivity index (χ2v) is 5.09. The summed E-state index contributed by atoms with van der Waals surface area (Å²) in [5.41, 5.74) is 5.95. The summed E-state index contributed by atoms with van der Waals surface area (Å²) in [6, 6.07) is 4.29. The predicted octanol–water partition coefficient (Wildman–Crippen LogP) is 3.71. The van der Waals surface area contributed by atoms with E-state index in [4.69, 9.17) is 0 Å². The highest BCUT2D eigenvalue weighted by atomic mass is 79.9. The lowest BCUT2D eigenvalue weighted by molar-refractivity contribution is 1.04. The number of nitrogens with zero attached hydrogens (tertiary/aromatic N) is 1. The Hall–Kier alpha value is -1.29. The number of nitrogens with one attached hydrogen (secondary N) is 2. The molecule has 0 radical (unpaired) electrons. The molecule has 1 heterocycles. The standard InChI is InChI=1S/C13H16BrN3/c1-8-4-12(5-9(2)13(8)14)15-6-11-7-16-17-10(11)3/h4-5,7,15H,6H2,1-3H3,(H,16,17). The van der Waals surface area contributed by atoms with E-state index in [1.54, 1.807) is 0 Å². The first-order valence-corrected chi connectivity index (χ1v) is 6.36. The highest BCUT2D eigenvalue weighted by molar-refractivity contribution is 9.10. The quantitative estimate of drug-likeness (QED) is 0.906. The molecule has 2 N–H and O–H groups in total. The van der Waals surface area contributed by atoms with Gasteiger partial charge in [0.25, 0.3) is 0 Å². The van der Waals surface area contributed by atoms with Gasteiger partial charge < -0.3 is 5.32 Å². The van der Waals surface area contributed by atoms with Gasteiger partial charge in [0.1, 0.15) is 0 Å². The minimum atomic E-state index is 0.794. The van der Waals surface area contributed by atoms with Crippen LogP contribution in [-0.2, 0) is 6.54 Å². The molecule has 0 fully saturated rings. The van der Waals surface area contributed by atoms with Crippen LogP contribution in [0.2, 0.25) is 0 Å². The van der Waals surface area contributed by atoms with Crippen molar-refractivity contribution < 1.29 is 0 Å².